The minimum Gasteiger partial charge on any atom is -0.307 e. The molecule has 0 radical (unpaired) electrons. The van der Waals surface area contributed by atoms with Crippen LogP contribution in [0.1, 0.15) is 17.5 Å². The molecule has 6 heteroatoms. The van der Waals surface area contributed by atoms with Gasteiger partial charge in [0.25, 0.3) is 0 Å². The largest absolute Gasteiger partial charge is 0.307 e. The smallest absolute Gasteiger partial charge is 0.174 e. The van der Waals surface area contributed by atoms with Gasteiger partial charge in [0.1, 0.15) is 6.29 Å². The Kier molecular flexibility index (Phi) is 4.58. The van der Waals surface area contributed by atoms with E-state index in [9.17, 15) is 14.4 Å². The van der Waals surface area contributed by atoms with Crippen LogP contribution in [0.25, 0.3) is 6.08 Å². The van der Waals surface area contributed by atoms with E-state index in [0.29, 0.717) is 25.3 Å². The van der Waals surface area contributed by atoms with Gasteiger partial charge in [-0.2, -0.15) is 0 Å². The van der Waals surface area contributed by atoms with Crippen molar-refractivity contribution in [2.24, 2.45) is 5.92 Å². The van der Waals surface area contributed by atoms with Crippen molar-refractivity contribution in [1.82, 2.24) is 10.6 Å². The highest BCUT2D eigenvalue weighted by Crippen LogP contribution is 2.33. The van der Waals surface area contributed by atoms with Crippen LogP contribution >= 0.6 is 11.8 Å². The average Bonchev–Trinajstić information content (AvgIpc) is 3.38. The molecule has 2 unspecified atom stereocenters. The summed E-state index contributed by atoms with van der Waals surface area (Å²) in [5, 5.41) is 5.83. The second kappa shape index (κ2) is 6.86. The Labute approximate surface area is 150 Å². The summed E-state index contributed by atoms with van der Waals surface area (Å²) >= 11 is 1.49. The van der Waals surface area contributed by atoms with Gasteiger partial charge in [-0.3, -0.25) is 14.9 Å². The molecule has 1 aromatic carbocycles. The molecule has 0 saturated carbocycles. The van der Waals surface area contributed by atoms with Crippen molar-refractivity contribution in [3.8, 4) is 0 Å². The molecule has 3 aliphatic rings. The highest BCUT2D eigenvalue weighted by atomic mass is 32.2. The van der Waals surface area contributed by atoms with Crippen LogP contribution in [0.3, 0.4) is 0 Å². The maximum atomic E-state index is 13.0. The van der Waals surface area contributed by atoms with Crippen molar-refractivity contribution >= 4 is 35.7 Å². The van der Waals surface area contributed by atoms with Crippen LogP contribution in [0.15, 0.2) is 29.8 Å². The third-order valence-corrected chi connectivity index (χ3v) is 6.48. The van der Waals surface area contributed by atoms with Crippen molar-refractivity contribution in [2.45, 2.75) is 30.2 Å². The molecule has 4 rings (SSSR count). The minimum absolute atomic E-state index is 0.0124. The van der Waals surface area contributed by atoms with Crippen molar-refractivity contribution in [3.05, 3.63) is 41.0 Å². The maximum Gasteiger partial charge on any atom is 0.174 e. The van der Waals surface area contributed by atoms with E-state index in [1.54, 1.807) is 0 Å². The van der Waals surface area contributed by atoms with Gasteiger partial charge >= 0.3 is 0 Å². The first kappa shape index (κ1) is 16.7. The van der Waals surface area contributed by atoms with Gasteiger partial charge in [-0.15, -0.1) is 11.8 Å². The van der Waals surface area contributed by atoms with Crippen molar-refractivity contribution in [3.63, 3.8) is 0 Å². The molecule has 1 aliphatic carbocycles. The number of nitrogens with one attached hydrogen (secondary N) is 2. The minimum atomic E-state index is -0.505. The van der Waals surface area contributed by atoms with Crippen LogP contribution in [-0.2, 0) is 20.8 Å². The topological polar surface area (TPSA) is 75.3 Å². The number of allylic oxidation sites excluding steroid dienone is 1. The molecule has 2 N–H and O–H groups in total. The first-order chi connectivity index (χ1) is 12.2. The summed E-state index contributed by atoms with van der Waals surface area (Å²) in [6.45, 7) is 0.665. The lowest BCUT2D eigenvalue weighted by Crippen LogP contribution is -2.48. The quantitative estimate of drug-likeness (QED) is 0.766. The second-order valence-corrected chi connectivity index (χ2v) is 7.87. The number of hydrogen-bond acceptors (Lipinski definition) is 6. The van der Waals surface area contributed by atoms with Crippen molar-refractivity contribution < 1.29 is 14.4 Å². The van der Waals surface area contributed by atoms with E-state index in [1.165, 1.54) is 11.8 Å². The van der Waals surface area contributed by atoms with E-state index in [4.69, 9.17) is 0 Å². The van der Waals surface area contributed by atoms with E-state index in [2.05, 4.69) is 10.6 Å². The molecular weight excluding hydrogens is 336 g/mol. The van der Waals surface area contributed by atoms with Gasteiger partial charge in [0, 0.05) is 23.8 Å². The van der Waals surface area contributed by atoms with Crippen LogP contribution in [0.4, 0.5) is 0 Å². The van der Waals surface area contributed by atoms with Gasteiger partial charge in [0.2, 0.25) is 0 Å². The molecule has 5 nitrogen and oxygen atoms in total. The molecule has 130 valence electrons. The molecule has 2 fully saturated rings. The van der Waals surface area contributed by atoms with Crippen molar-refractivity contribution in [2.75, 3.05) is 12.4 Å². The molecule has 25 heavy (non-hydrogen) atoms. The number of benzene rings is 1. The van der Waals surface area contributed by atoms with Crippen LogP contribution in [0.5, 0.6) is 0 Å². The van der Waals surface area contributed by atoms with Gasteiger partial charge in [-0.25, -0.2) is 0 Å². The Balaban J connectivity index is 1.51. The molecule has 2 aliphatic heterocycles. The first-order valence-electron chi connectivity index (χ1n) is 8.59. The molecular formula is C19H20N2O3S. The molecule has 2 saturated heterocycles. The summed E-state index contributed by atoms with van der Waals surface area (Å²) in [5.41, 5.74) is 3.02. The standard InChI is InChI=1S/C19H20N2O3S/c22-9-15-14(5-6-20-15)18(24)16-19(25-10-21-16)17(23)13-7-11-3-1-2-4-12(11)8-13/h1-4,7,9,14-16,19-21H,5-6,8,10H2/t14?,15-,16-,19?/m1/s1. The fourth-order valence-corrected chi connectivity index (χ4v) is 5.13. The van der Waals surface area contributed by atoms with Gasteiger partial charge in [-0.05, 0) is 30.2 Å². The van der Waals surface area contributed by atoms with Gasteiger partial charge in [-0.1, -0.05) is 24.3 Å². The van der Waals surface area contributed by atoms with Crippen LogP contribution in [0.2, 0.25) is 0 Å². The Morgan fingerprint density at radius 2 is 2.04 bits per heavy atom. The number of aldehydes is 1. The molecule has 0 bridgehead atoms. The Morgan fingerprint density at radius 3 is 2.84 bits per heavy atom. The third-order valence-electron chi connectivity index (χ3n) is 5.30. The molecule has 0 amide bonds. The number of carbonyl (C=O) groups excluding carboxylic acids is 3. The normalized spacial score (nSPS) is 30.8. The number of hydrogen-bond donors (Lipinski definition) is 2. The summed E-state index contributed by atoms with van der Waals surface area (Å²) < 4.78 is 0. The number of ketones is 2. The fraction of sp³-hybridized carbons (Fsp3) is 0.421. The third kappa shape index (κ3) is 2.99. The van der Waals surface area contributed by atoms with E-state index in [-0.39, 0.29) is 17.5 Å². The summed E-state index contributed by atoms with van der Waals surface area (Å²) in [4.78, 5) is 37.1. The lowest BCUT2D eigenvalue weighted by Gasteiger charge is -2.22. The lowest BCUT2D eigenvalue weighted by molar-refractivity contribution is -0.128. The number of thioether (sulfide) groups is 1. The monoisotopic (exact) mass is 356 g/mol. The predicted octanol–water partition coefficient (Wildman–Crippen LogP) is 0.972. The van der Waals surface area contributed by atoms with E-state index < -0.39 is 17.3 Å². The van der Waals surface area contributed by atoms with Gasteiger partial charge in [0.05, 0.1) is 17.3 Å². The van der Waals surface area contributed by atoms with E-state index in [0.717, 1.165) is 23.0 Å². The molecule has 0 spiro atoms. The summed E-state index contributed by atoms with van der Waals surface area (Å²) in [7, 11) is 0. The SMILES string of the molecule is O=C[C@H]1NCCC1C(=O)[C@H]1NCSC1C(=O)C1=Cc2ccccc2C1. The van der Waals surface area contributed by atoms with Crippen LogP contribution in [0, 0.1) is 5.92 Å². The highest BCUT2D eigenvalue weighted by molar-refractivity contribution is 8.01. The van der Waals surface area contributed by atoms with Gasteiger partial charge in [0.15, 0.2) is 11.6 Å². The molecule has 4 atom stereocenters. The summed E-state index contributed by atoms with van der Waals surface area (Å²) in [6.07, 6.45) is 4.04. The molecule has 0 aromatic heterocycles. The first-order valence-corrected chi connectivity index (χ1v) is 9.64. The molecule has 1 aromatic rings. The maximum absolute atomic E-state index is 13.0. The Morgan fingerprint density at radius 1 is 1.20 bits per heavy atom. The zero-order valence-electron chi connectivity index (χ0n) is 13.7. The number of rotatable bonds is 5. The average molecular weight is 356 g/mol. The summed E-state index contributed by atoms with van der Waals surface area (Å²) in [5.74, 6) is 0.275. The summed E-state index contributed by atoms with van der Waals surface area (Å²) in [6, 6.07) is 7.06. The van der Waals surface area contributed by atoms with Crippen LogP contribution < -0.4 is 10.6 Å². The zero-order valence-corrected chi connectivity index (χ0v) is 14.6. The number of Topliss-reactive ketones (excluding diaryl/α,β-unsaturated/α-hetero) is 2. The predicted molar refractivity (Wildman–Crippen MR) is 97.3 cm³/mol. The second-order valence-electron chi connectivity index (χ2n) is 6.74. The Bertz CT molecular complexity index is 761. The van der Waals surface area contributed by atoms with Crippen LogP contribution in [-0.4, -0.2) is 47.6 Å². The molecule has 2 heterocycles. The highest BCUT2D eigenvalue weighted by Gasteiger charge is 2.44. The van der Waals surface area contributed by atoms with E-state index >= 15 is 0 Å². The van der Waals surface area contributed by atoms with Crippen molar-refractivity contribution in [1.29, 1.82) is 0 Å². The number of fused-ring (bicyclic) bond motifs is 1. The fourth-order valence-electron chi connectivity index (χ4n) is 3.95. The van der Waals surface area contributed by atoms with E-state index in [1.807, 2.05) is 30.3 Å². The Hall–Kier alpha value is -1.76. The number of carbonyl (C=O) groups is 3. The van der Waals surface area contributed by atoms with Gasteiger partial charge < -0.3 is 10.1 Å². The zero-order chi connectivity index (χ0) is 17.4. The lowest BCUT2D eigenvalue weighted by atomic mass is 9.88.